The zero-order valence-electron chi connectivity index (χ0n) is 18.5. The summed E-state index contributed by atoms with van der Waals surface area (Å²) in [5.74, 6) is 1.83. The van der Waals surface area contributed by atoms with Crippen molar-refractivity contribution >= 4 is 59.7 Å². The van der Waals surface area contributed by atoms with Crippen LogP contribution in [-0.2, 0) is 11.2 Å². The summed E-state index contributed by atoms with van der Waals surface area (Å²) in [6.45, 7) is 6.78. The molecule has 2 aromatic rings. The lowest BCUT2D eigenvalue weighted by Crippen LogP contribution is -2.51. The largest absolute Gasteiger partial charge is 0.353 e. The van der Waals surface area contributed by atoms with Gasteiger partial charge in [0.25, 0.3) is 0 Å². The molecule has 6 nitrogen and oxygen atoms in total. The molecule has 0 saturated carbocycles. The molecule has 3 atom stereocenters. The number of aryl methyl sites for hydroxylation is 1. The predicted molar refractivity (Wildman–Crippen MR) is 138 cm³/mol. The number of fused-ring (bicyclic) bond motifs is 1. The number of anilines is 1. The van der Waals surface area contributed by atoms with E-state index in [9.17, 15) is 4.79 Å². The van der Waals surface area contributed by atoms with Gasteiger partial charge in [0, 0.05) is 56.4 Å². The van der Waals surface area contributed by atoms with E-state index in [0.717, 1.165) is 56.9 Å². The fraction of sp³-hybridized carbons (Fsp3) is 0.522. The van der Waals surface area contributed by atoms with Gasteiger partial charge >= 0.3 is 0 Å². The minimum absolute atomic E-state index is 0. The molecule has 33 heavy (non-hydrogen) atoms. The zero-order chi connectivity index (χ0) is 21.5. The van der Waals surface area contributed by atoms with Crippen LogP contribution in [0.1, 0.15) is 42.0 Å². The van der Waals surface area contributed by atoms with Crippen molar-refractivity contribution < 1.29 is 4.79 Å². The van der Waals surface area contributed by atoms with Gasteiger partial charge in [0.2, 0.25) is 5.91 Å². The predicted octanol–water partition coefficient (Wildman–Crippen LogP) is 4.33. The molecule has 1 aromatic carbocycles. The van der Waals surface area contributed by atoms with Gasteiger partial charge in [-0.25, -0.2) is 9.97 Å². The average molecular weight is 533 g/mol. The minimum Gasteiger partial charge on any atom is -0.353 e. The monoisotopic (exact) mass is 531 g/mol. The zero-order valence-corrected chi connectivity index (χ0v) is 21.6. The van der Waals surface area contributed by atoms with Crippen LogP contribution in [-0.4, -0.2) is 60.0 Å². The highest BCUT2D eigenvalue weighted by molar-refractivity contribution is 6.42. The molecule has 2 aliphatic heterocycles. The lowest BCUT2D eigenvalue weighted by atomic mass is 9.88. The van der Waals surface area contributed by atoms with Gasteiger partial charge < -0.3 is 15.1 Å². The van der Waals surface area contributed by atoms with Gasteiger partial charge in [0.1, 0.15) is 12.1 Å². The van der Waals surface area contributed by atoms with Crippen molar-refractivity contribution in [2.45, 2.75) is 31.6 Å². The smallest absolute Gasteiger partial charge is 0.227 e. The van der Waals surface area contributed by atoms with Crippen molar-refractivity contribution in [2.24, 2.45) is 5.92 Å². The van der Waals surface area contributed by atoms with Crippen molar-refractivity contribution in [1.82, 2.24) is 20.2 Å². The number of rotatable bonds is 3. The van der Waals surface area contributed by atoms with Gasteiger partial charge in [-0.3, -0.25) is 4.79 Å². The van der Waals surface area contributed by atoms with Crippen LogP contribution in [0.3, 0.4) is 0 Å². The van der Waals surface area contributed by atoms with Gasteiger partial charge in [-0.05, 0) is 36.5 Å². The maximum absolute atomic E-state index is 13.4. The van der Waals surface area contributed by atoms with Crippen LogP contribution >= 0.6 is 48.0 Å². The number of nitrogens with zero attached hydrogens (tertiary/aromatic N) is 4. The highest BCUT2D eigenvalue weighted by Gasteiger charge is 2.38. The fourth-order valence-electron chi connectivity index (χ4n) is 5.28. The van der Waals surface area contributed by atoms with Crippen LogP contribution in [0.4, 0.5) is 5.82 Å². The molecule has 2 saturated heterocycles. The van der Waals surface area contributed by atoms with Crippen LogP contribution < -0.4 is 10.2 Å². The number of amides is 1. The Kier molecular flexibility index (Phi) is 8.73. The second kappa shape index (κ2) is 11.0. The number of carbonyl (C=O) groups excluding carboxylic acids is 1. The number of piperazine rings is 1. The third-order valence-electron chi connectivity index (χ3n) is 7.05. The molecule has 0 bridgehead atoms. The Morgan fingerprint density at radius 1 is 1.06 bits per heavy atom. The van der Waals surface area contributed by atoms with Gasteiger partial charge in [-0.1, -0.05) is 36.2 Å². The van der Waals surface area contributed by atoms with E-state index in [1.165, 1.54) is 11.3 Å². The molecule has 3 aliphatic rings. The molecule has 0 spiro atoms. The van der Waals surface area contributed by atoms with Gasteiger partial charge in [-0.2, -0.15) is 0 Å². The summed E-state index contributed by atoms with van der Waals surface area (Å²) in [7, 11) is 0. The Balaban J connectivity index is 0.00000153. The minimum atomic E-state index is -0.0767. The van der Waals surface area contributed by atoms with E-state index >= 15 is 0 Å². The highest BCUT2D eigenvalue weighted by atomic mass is 35.5. The second-order valence-electron chi connectivity index (χ2n) is 8.85. The molecule has 180 valence electrons. The van der Waals surface area contributed by atoms with E-state index < -0.39 is 0 Å². The molecule has 0 radical (unpaired) electrons. The number of carbonyl (C=O) groups is 1. The molecule has 0 unspecified atom stereocenters. The first kappa shape index (κ1) is 26.3. The Hall–Kier alpha value is -1.31. The molecular formula is C23H29Cl4N5O. The van der Waals surface area contributed by atoms with Gasteiger partial charge in [0.15, 0.2) is 0 Å². The van der Waals surface area contributed by atoms with Gasteiger partial charge in [0.05, 0.1) is 16.0 Å². The molecule has 10 heteroatoms. The maximum Gasteiger partial charge on any atom is 0.227 e. The van der Waals surface area contributed by atoms with Crippen molar-refractivity contribution in [3.8, 4) is 0 Å². The highest BCUT2D eigenvalue weighted by Crippen LogP contribution is 2.38. The van der Waals surface area contributed by atoms with Crippen molar-refractivity contribution in [1.29, 1.82) is 0 Å². The first-order valence-corrected chi connectivity index (χ1v) is 11.8. The Morgan fingerprint density at radius 2 is 1.82 bits per heavy atom. The number of nitrogens with one attached hydrogen (secondary N) is 1. The maximum atomic E-state index is 13.4. The molecule has 1 amide bonds. The molecule has 3 heterocycles. The average Bonchev–Trinajstić information content (AvgIpc) is 3.43. The molecule has 2 fully saturated rings. The van der Waals surface area contributed by atoms with Crippen LogP contribution in [0, 0.1) is 5.92 Å². The Morgan fingerprint density at radius 3 is 2.55 bits per heavy atom. The van der Waals surface area contributed by atoms with E-state index in [1.807, 2.05) is 23.1 Å². The van der Waals surface area contributed by atoms with Crippen LogP contribution in [0.25, 0.3) is 0 Å². The normalized spacial score (nSPS) is 24.2. The quantitative estimate of drug-likeness (QED) is 0.637. The number of hydrogen-bond acceptors (Lipinski definition) is 5. The number of benzene rings is 1. The number of halogens is 4. The van der Waals surface area contributed by atoms with Crippen LogP contribution in [0.2, 0.25) is 10.0 Å². The van der Waals surface area contributed by atoms with Crippen LogP contribution in [0.15, 0.2) is 24.5 Å². The fourth-order valence-corrected chi connectivity index (χ4v) is 5.59. The van der Waals surface area contributed by atoms with E-state index in [1.54, 1.807) is 6.33 Å². The first-order valence-electron chi connectivity index (χ1n) is 11.1. The molecule has 1 N–H and O–H groups in total. The summed E-state index contributed by atoms with van der Waals surface area (Å²) in [5, 5.41) is 4.47. The molecule has 1 aromatic heterocycles. The lowest BCUT2D eigenvalue weighted by molar-refractivity contribution is -0.135. The summed E-state index contributed by atoms with van der Waals surface area (Å²) in [6.07, 6.45) is 3.87. The van der Waals surface area contributed by atoms with Crippen LogP contribution in [0.5, 0.6) is 0 Å². The molecule has 5 rings (SSSR count). The molecule has 1 aliphatic carbocycles. The third kappa shape index (κ3) is 5.06. The summed E-state index contributed by atoms with van der Waals surface area (Å²) in [5.41, 5.74) is 3.57. The third-order valence-corrected chi connectivity index (χ3v) is 7.79. The number of hydrogen-bond donors (Lipinski definition) is 1. The van der Waals surface area contributed by atoms with E-state index in [-0.39, 0.29) is 42.6 Å². The molecular weight excluding hydrogens is 504 g/mol. The summed E-state index contributed by atoms with van der Waals surface area (Å²) < 4.78 is 0. The Bertz CT molecular complexity index is 999. The summed E-state index contributed by atoms with van der Waals surface area (Å²) in [4.78, 5) is 26.8. The Labute approximate surface area is 217 Å². The van der Waals surface area contributed by atoms with Gasteiger partial charge in [-0.15, -0.1) is 24.8 Å². The first-order chi connectivity index (χ1) is 15.0. The number of aromatic nitrogens is 2. The van der Waals surface area contributed by atoms with E-state index in [2.05, 4.69) is 27.1 Å². The van der Waals surface area contributed by atoms with Crippen molar-refractivity contribution in [3.05, 3.63) is 51.4 Å². The lowest BCUT2D eigenvalue weighted by Gasteiger charge is -2.38. The standard InChI is InChI=1S/C23H27Cl2N5O.2ClH/c1-14-2-5-20-21(14)22(28-13-27-20)29-6-8-30(9-7-29)23(31)17-12-26-11-16(17)15-3-4-18(24)19(25)10-15;;/h3-4,10,13-14,16-17,26H,2,5-9,11-12H2,1H3;2*1H/t14-,16+,17+;;/m1../s1. The topological polar surface area (TPSA) is 61.4 Å². The summed E-state index contributed by atoms with van der Waals surface area (Å²) in [6, 6.07) is 5.70. The second-order valence-corrected chi connectivity index (χ2v) is 9.67. The summed E-state index contributed by atoms with van der Waals surface area (Å²) >= 11 is 12.3. The van der Waals surface area contributed by atoms with E-state index in [0.29, 0.717) is 22.5 Å². The SMILES string of the molecule is C[C@@H]1CCc2ncnc(N3CCN(C(=O)[C@H]4CNC[C@H]4c4ccc(Cl)c(Cl)c4)CC3)c21.Cl.Cl. The van der Waals surface area contributed by atoms with Crippen molar-refractivity contribution in [3.63, 3.8) is 0 Å². The van der Waals surface area contributed by atoms with Crippen molar-refractivity contribution in [2.75, 3.05) is 44.2 Å². The van der Waals surface area contributed by atoms with E-state index in [4.69, 9.17) is 23.2 Å².